The van der Waals surface area contributed by atoms with E-state index in [2.05, 4.69) is 19.2 Å². The van der Waals surface area contributed by atoms with Gasteiger partial charge in [0, 0.05) is 6.54 Å². The van der Waals surface area contributed by atoms with E-state index in [1.54, 1.807) is 14.0 Å². The molecule has 0 bridgehead atoms. The largest absolute Gasteiger partial charge is 0.492 e. The smallest absolute Gasteiger partial charge is 0.350 e. The van der Waals surface area contributed by atoms with Gasteiger partial charge in [0.1, 0.15) is 15.6 Å². The number of hydrogen-bond donors (Lipinski definition) is 2. The van der Waals surface area contributed by atoms with Crippen LogP contribution in [-0.4, -0.2) is 26.2 Å². The monoisotopic (exact) mass is 286 g/mol. The fourth-order valence-electron chi connectivity index (χ4n) is 1.57. The van der Waals surface area contributed by atoms with Crippen LogP contribution in [0.2, 0.25) is 0 Å². The number of hydrogen-bond acceptors (Lipinski definition) is 6. The fraction of sp³-hybridized carbons (Fsp3) is 0.615. The second-order valence-electron chi connectivity index (χ2n) is 4.54. The standard InChI is InChI=1S/C13H22N2O3S/c1-5-18-13(16)11-9(14)10(17-4)12(19-11)15-7-6-8(2)3/h8,15H,5-7,14H2,1-4H3. The van der Waals surface area contributed by atoms with Crippen LogP contribution in [0, 0.1) is 5.92 Å². The van der Waals surface area contributed by atoms with Crippen molar-refractivity contribution in [3.8, 4) is 5.75 Å². The maximum atomic E-state index is 11.8. The minimum Gasteiger partial charge on any atom is -0.492 e. The summed E-state index contributed by atoms with van der Waals surface area (Å²) in [4.78, 5) is 12.1. The van der Waals surface area contributed by atoms with Crippen molar-refractivity contribution in [2.24, 2.45) is 5.92 Å². The minimum absolute atomic E-state index is 0.328. The van der Waals surface area contributed by atoms with E-state index in [1.165, 1.54) is 11.3 Å². The van der Waals surface area contributed by atoms with Crippen molar-refractivity contribution in [1.29, 1.82) is 0 Å². The lowest BCUT2D eigenvalue weighted by Crippen LogP contribution is -2.05. The molecule has 0 saturated carbocycles. The molecular weight excluding hydrogens is 264 g/mol. The Bertz CT molecular complexity index is 430. The number of esters is 1. The summed E-state index contributed by atoms with van der Waals surface area (Å²) < 4.78 is 10.2. The van der Waals surface area contributed by atoms with Gasteiger partial charge in [-0.25, -0.2) is 4.79 Å². The first-order valence-electron chi connectivity index (χ1n) is 6.38. The zero-order valence-corrected chi connectivity index (χ0v) is 12.7. The molecule has 0 unspecified atom stereocenters. The Kier molecular flexibility index (Phi) is 5.95. The topological polar surface area (TPSA) is 73.6 Å². The normalized spacial score (nSPS) is 10.6. The summed E-state index contributed by atoms with van der Waals surface area (Å²) in [5.74, 6) is 0.734. The lowest BCUT2D eigenvalue weighted by molar-refractivity contribution is 0.0533. The Morgan fingerprint density at radius 1 is 1.47 bits per heavy atom. The average molecular weight is 286 g/mol. The van der Waals surface area contributed by atoms with Gasteiger partial charge in [-0.15, -0.1) is 11.3 Å². The summed E-state index contributed by atoms with van der Waals surface area (Å²) in [7, 11) is 1.54. The third-order valence-corrected chi connectivity index (χ3v) is 3.70. The molecule has 6 heteroatoms. The maximum Gasteiger partial charge on any atom is 0.350 e. The molecule has 0 aliphatic carbocycles. The molecule has 19 heavy (non-hydrogen) atoms. The number of methoxy groups -OCH3 is 1. The highest BCUT2D eigenvalue weighted by atomic mass is 32.1. The predicted molar refractivity (Wildman–Crippen MR) is 79.2 cm³/mol. The summed E-state index contributed by atoms with van der Waals surface area (Å²) in [5.41, 5.74) is 6.27. The second kappa shape index (κ2) is 7.23. The van der Waals surface area contributed by atoms with Gasteiger partial charge in [-0.2, -0.15) is 0 Å². The molecular formula is C13H22N2O3S. The van der Waals surface area contributed by atoms with Crippen molar-refractivity contribution in [3.63, 3.8) is 0 Å². The van der Waals surface area contributed by atoms with Gasteiger partial charge in [-0.1, -0.05) is 13.8 Å². The molecule has 1 aromatic heterocycles. The number of nitrogen functional groups attached to an aromatic ring is 1. The van der Waals surface area contributed by atoms with E-state index in [9.17, 15) is 4.79 Å². The number of rotatable bonds is 7. The molecule has 0 aliphatic rings. The van der Waals surface area contributed by atoms with Crippen molar-refractivity contribution >= 4 is 28.0 Å². The Morgan fingerprint density at radius 2 is 2.16 bits per heavy atom. The highest BCUT2D eigenvalue weighted by molar-refractivity contribution is 7.19. The van der Waals surface area contributed by atoms with Crippen LogP contribution < -0.4 is 15.8 Å². The Hall–Kier alpha value is -1.43. The molecule has 0 spiro atoms. The lowest BCUT2D eigenvalue weighted by atomic mass is 10.1. The fourth-order valence-corrected chi connectivity index (χ4v) is 2.58. The first-order valence-corrected chi connectivity index (χ1v) is 7.20. The third kappa shape index (κ3) is 4.02. The lowest BCUT2D eigenvalue weighted by Gasteiger charge is -2.08. The molecule has 0 aliphatic heterocycles. The molecule has 0 fully saturated rings. The molecule has 0 radical (unpaired) electrons. The number of nitrogens with one attached hydrogen (secondary N) is 1. The molecule has 1 aromatic rings. The Labute approximate surface area is 118 Å². The van der Waals surface area contributed by atoms with Crippen LogP contribution in [0.3, 0.4) is 0 Å². The van der Waals surface area contributed by atoms with Crippen LogP contribution in [-0.2, 0) is 4.74 Å². The van der Waals surface area contributed by atoms with Crippen LogP contribution in [0.4, 0.5) is 10.7 Å². The zero-order chi connectivity index (χ0) is 14.4. The first kappa shape index (κ1) is 15.6. The molecule has 0 saturated heterocycles. The summed E-state index contributed by atoms with van der Waals surface area (Å²) in [6.07, 6.45) is 1.04. The number of ether oxygens (including phenoxy) is 2. The van der Waals surface area contributed by atoms with E-state index < -0.39 is 5.97 Å². The van der Waals surface area contributed by atoms with E-state index in [1.807, 2.05) is 0 Å². The van der Waals surface area contributed by atoms with Gasteiger partial charge >= 0.3 is 5.97 Å². The number of carbonyl (C=O) groups is 1. The quantitative estimate of drug-likeness (QED) is 0.754. The Morgan fingerprint density at radius 3 is 2.68 bits per heavy atom. The van der Waals surface area contributed by atoms with E-state index in [-0.39, 0.29) is 0 Å². The molecule has 0 atom stereocenters. The van der Waals surface area contributed by atoms with Crippen LogP contribution in [0.15, 0.2) is 0 Å². The van der Waals surface area contributed by atoms with Crippen molar-refractivity contribution in [1.82, 2.24) is 0 Å². The summed E-state index contributed by atoms with van der Waals surface area (Å²) in [6.45, 7) is 7.23. The van der Waals surface area contributed by atoms with Gasteiger partial charge in [0.2, 0.25) is 0 Å². The highest BCUT2D eigenvalue weighted by Gasteiger charge is 2.22. The molecule has 1 heterocycles. The van der Waals surface area contributed by atoms with Crippen molar-refractivity contribution in [2.75, 3.05) is 31.3 Å². The molecule has 3 N–H and O–H groups in total. The van der Waals surface area contributed by atoms with Crippen LogP contribution in [0.1, 0.15) is 36.9 Å². The SMILES string of the molecule is CCOC(=O)c1sc(NCCC(C)C)c(OC)c1N. The summed E-state index contributed by atoms with van der Waals surface area (Å²) >= 11 is 1.27. The van der Waals surface area contributed by atoms with Crippen LogP contribution in [0.5, 0.6) is 5.75 Å². The van der Waals surface area contributed by atoms with Gasteiger partial charge in [-0.3, -0.25) is 0 Å². The highest BCUT2D eigenvalue weighted by Crippen LogP contribution is 2.42. The first-order chi connectivity index (χ1) is 9.01. The molecule has 5 nitrogen and oxygen atoms in total. The van der Waals surface area contributed by atoms with Crippen LogP contribution in [0.25, 0.3) is 0 Å². The molecule has 1 rings (SSSR count). The van der Waals surface area contributed by atoms with E-state index >= 15 is 0 Å². The van der Waals surface area contributed by atoms with Gasteiger partial charge < -0.3 is 20.5 Å². The number of thiophene rings is 1. The van der Waals surface area contributed by atoms with Gasteiger partial charge in [0.25, 0.3) is 0 Å². The van der Waals surface area contributed by atoms with Crippen molar-refractivity contribution in [3.05, 3.63) is 4.88 Å². The molecule has 0 amide bonds. The zero-order valence-electron chi connectivity index (χ0n) is 11.9. The van der Waals surface area contributed by atoms with Crippen molar-refractivity contribution < 1.29 is 14.3 Å². The van der Waals surface area contributed by atoms with Crippen molar-refractivity contribution in [2.45, 2.75) is 27.2 Å². The third-order valence-electron chi connectivity index (χ3n) is 2.57. The van der Waals surface area contributed by atoms with E-state index in [0.29, 0.717) is 28.8 Å². The second-order valence-corrected chi connectivity index (χ2v) is 5.56. The minimum atomic E-state index is -0.403. The number of carbonyl (C=O) groups excluding carboxylic acids is 1. The predicted octanol–water partition coefficient (Wildman–Crippen LogP) is 2.97. The van der Waals surface area contributed by atoms with E-state index in [0.717, 1.165) is 18.0 Å². The molecule has 108 valence electrons. The van der Waals surface area contributed by atoms with E-state index in [4.69, 9.17) is 15.2 Å². The van der Waals surface area contributed by atoms with Crippen LogP contribution >= 0.6 is 11.3 Å². The van der Waals surface area contributed by atoms with Gasteiger partial charge in [0.05, 0.1) is 13.7 Å². The summed E-state index contributed by atoms with van der Waals surface area (Å²) in [5, 5.41) is 4.04. The summed E-state index contributed by atoms with van der Waals surface area (Å²) in [6, 6.07) is 0. The Balaban J connectivity index is 2.86. The maximum absolute atomic E-state index is 11.8. The van der Waals surface area contributed by atoms with Gasteiger partial charge in [0.15, 0.2) is 5.75 Å². The average Bonchev–Trinajstić information content (AvgIpc) is 2.65. The molecule has 0 aromatic carbocycles. The number of anilines is 2. The van der Waals surface area contributed by atoms with Gasteiger partial charge in [-0.05, 0) is 19.3 Å². The number of nitrogens with two attached hydrogens (primary N) is 1.